The predicted molar refractivity (Wildman–Crippen MR) is 95.8 cm³/mol. The first-order chi connectivity index (χ1) is 11.7. The lowest BCUT2D eigenvalue weighted by Gasteiger charge is -2.22. The van der Waals surface area contributed by atoms with Crippen molar-refractivity contribution in [1.29, 1.82) is 0 Å². The fourth-order valence-electron chi connectivity index (χ4n) is 2.38. The molecule has 1 aromatic carbocycles. The first-order valence-corrected chi connectivity index (χ1v) is 9.08. The van der Waals surface area contributed by atoms with Gasteiger partial charge in [0, 0.05) is 23.5 Å². The Morgan fingerprint density at radius 1 is 1.21 bits per heavy atom. The quantitative estimate of drug-likeness (QED) is 0.886. The van der Waals surface area contributed by atoms with Crippen molar-refractivity contribution in [1.82, 2.24) is 15.5 Å². The molecule has 0 radical (unpaired) electrons. The third kappa shape index (κ3) is 4.86. The monoisotopic (exact) mass is 344 g/mol. The largest absolute Gasteiger partial charge is 0.438 e. The lowest BCUT2D eigenvalue weighted by atomic mass is 10.2. The molecular weight excluding hydrogens is 324 g/mol. The molecule has 2 aromatic rings. The highest BCUT2D eigenvalue weighted by atomic mass is 32.2. The van der Waals surface area contributed by atoms with Gasteiger partial charge in [-0.15, -0.1) is 5.10 Å². The van der Waals surface area contributed by atoms with Gasteiger partial charge in [0.25, 0.3) is 0 Å². The van der Waals surface area contributed by atoms with Gasteiger partial charge in [0.05, 0.1) is 5.69 Å². The van der Waals surface area contributed by atoms with E-state index >= 15 is 0 Å². The van der Waals surface area contributed by atoms with Gasteiger partial charge in [-0.1, -0.05) is 0 Å². The normalized spacial score (nSPS) is 17.1. The average molecular weight is 344 g/mol. The van der Waals surface area contributed by atoms with Crippen molar-refractivity contribution >= 4 is 23.5 Å². The molecule has 1 fully saturated rings. The van der Waals surface area contributed by atoms with Crippen LogP contribution in [-0.2, 0) is 0 Å². The molecule has 1 unspecified atom stereocenters. The number of urea groups is 1. The topological polar surface area (TPSA) is 76.1 Å². The highest BCUT2D eigenvalue weighted by Crippen LogP contribution is 2.21. The van der Waals surface area contributed by atoms with Gasteiger partial charge >= 0.3 is 6.03 Å². The summed E-state index contributed by atoms with van der Waals surface area (Å²) in [5, 5.41) is 13.8. The van der Waals surface area contributed by atoms with Crippen LogP contribution in [0.4, 0.5) is 10.5 Å². The third-order valence-corrected chi connectivity index (χ3v) is 4.82. The van der Waals surface area contributed by atoms with Gasteiger partial charge in [-0.05, 0) is 55.9 Å². The Kier molecular flexibility index (Phi) is 5.53. The zero-order valence-corrected chi connectivity index (χ0v) is 14.3. The third-order valence-electron chi connectivity index (χ3n) is 3.60. The van der Waals surface area contributed by atoms with Crippen molar-refractivity contribution in [2.75, 3.05) is 16.8 Å². The molecule has 1 atom stereocenters. The number of ether oxygens (including phenoxy) is 1. The van der Waals surface area contributed by atoms with E-state index in [9.17, 15) is 4.79 Å². The van der Waals surface area contributed by atoms with Gasteiger partial charge in [0.15, 0.2) is 0 Å². The molecule has 3 rings (SSSR count). The van der Waals surface area contributed by atoms with Crippen LogP contribution in [-0.4, -0.2) is 33.8 Å². The molecule has 126 valence electrons. The summed E-state index contributed by atoms with van der Waals surface area (Å²) in [6, 6.07) is 10.9. The van der Waals surface area contributed by atoms with Gasteiger partial charge in [-0.3, -0.25) is 0 Å². The van der Waals surface area contributed by atoms with Crippen LogP contribution < -0.4 is 15.4 Å². The molecule has 1 aliphatic heterocycles. The Morgan fingerprint density at radius 2 is 2.04 bits per heavy atom. The summed E-state index contributed by atoms with van der Waals surface area (Å²) in [6.45, 7) is 1.87. The van der Waals surface area contributed by atoms with Crippen molar-refractivity contribution in [2.24, 2.45) is 0 Å². The number of hydrogen-bond acceptors (Lipinski definition) is 5. The Morgan fingerprint density at radius 3 is 2.71 bits per heavy atom. The molecule has 2 heterocycles. The fourth-order valence-corrected chi connectivity index (χ4v) is 3.45. The lowest BCUT2D eigenvalue weighted by molar-refractivity contribution is 0.248. The van der Waals surface area contributed by atoms with E-state index in [1.165, 1.54) is 5.75 Å². The number of carbonyl (C=O) groups excluding carboxylic acids is 1. The summed E-state index contributed by atoms with van der Waals surface area (Å²) in [5.41, 5.74) is 1.56. The molecular formula is C17H20N4O2S. The number of nitrogens with zero attached hydrogens (tertiary/aromatic N) is 2. The summed E-state index contributed by atoms with van der Waals surface area (Å²) in [6.07, 6.45) is 2.20. The molecule has 24 heavy (non-hydrogen) atoms. The molecule has 0 bridgehead atoms. The van der Waals surface area contributed by atoms with Crippen LogP contribution in [0.2, 0.25) is 0 Å². The van der Waals surface area contributed by atoms with Crippen LogP contribution in [0.1, 0.15) is 18.5 Å². The number of hydrogen-bond donors (Lipinski definition) is 2. The van der Waals surface area contributed by atoms with Crippen LogP contribution in [0.3, 0.4) is 0 Å². The van der Waals surface area contributed by atoms with E-state index in [-0.39, 0.29) is 12.1 Å². The van der Waals surface area contributed by atoms with Gasteiger partial charge in [0.1, 0.15) is 5.75 Å². The van der Waals surface area contributed by atoms with Gasteiger partial charge in [0.2, 0.25) is 5.88 Å². The number of anilines is 1. The number of aromatic nitrogens is 2. The molecule has 2 amide bonds. The number of carbonyl (C=O) groups is 1. The minimum atomic E-state index is -0.166. The van der Waals surface area contributed by atoms with Gasteiger partial charge < -0.3 is 15.4 Å². The van der Waals surface area contributed by atoms with E-state index in [0.29, 0.717) is 11.6 Å². The summed E-state index contributed by atoms with van der Waals surface area (Å²) in [4.78, 5) is 12.0. The number of aryl methyl sites for hydroxylation is 1. The average Bonchev–Trinajstić information content (AvgIpc) is 2.59. The van der Waals surface area contributed by atoms with Gasteiger partial charge in [-0.2, -0.15) is 16.9 Å². The van der Waals surface area contributed by atoms with Crippen LogP contribution in [0.5, 0.6) is 11.6 Å². The molecule has 1 saturated heterocycles. The van der Waals surface area contributed by atoms with Crippen molar-refractivity contribution in [3.63, 3.8) is 0 Å². The highest BCUT2D eigenvalue weighted by molar-refractivity contribution is 7.99. The predicted octanol–water partition coefficient (Wildman–Crippen LogP) is 3.59. The molecule has 7 heteroatoms. The molecule has 0 aliphatic carbocycles. The summed E-state index contributed by atoms with van der Waals surface area (Å²) >= 11 is 1.88. The van der Waals surface area contributed by atoms with Crippen molar-refractivity contribution in [2.45, 2.75) is 25.8 Å². The maximum Gasteiger partial charge on any atom is 0.319 e. The molecule has 6 nitrogen and oxygen atoms in total. The van der Waals surface area contributed by atoms with E-state index in [2.05, 4.69) is 20.8 Å². The lowest BCUT2D eigenvalue weighted by Crippen LogP contribution is -2.40. The van der Waals surface area contributed by atoms with E-state index in [1.54, 1.807) is 30.3 Å². The molecule has 1 aromatic heterocycles. The van der Waals surface area contributed by atoms with Crippen LogP contribution >= 0.6 is 11.8 Å². The second-order valence-electron chi connectivity index (χ2n) is 5.65. The highest BCUT2D eigenvalue weighted by Gasteiger charge is 2.15. The zero-order chi connectivity index (χ0) is 16.8. The Hall–Kier alpha value is -2.28. The standard InChI is InChI=1S/C17H20N4O2S/c1-12-4-9-16(21-20-12)23-15-7-5-13(6-8-15)18-17(22)19-14-3-2-10-24-11-14/h4-9,14H,2-3,10-11H2,1H3,(H2,18,19,22). The number of thioether (sulfide) groups is 1. The maximum atomic E-state index is 12.0. The number of nitrogens with one attached hydrogen (secondary N) is 2. The number of amides is 2. The van der Waals surface area contributed by atoms with Crippen molar-refractivity contribution in [3.8, 4) is 11.6 Å². The van der Waals surface area contributed by atoms with E-state index < -0.39 is 0 Å². The Labute approximate surface area is 145 Å². The summed E-state index contributed by atoms with van der Waals surface area (Å²) in [5.74, 6) is 3.25. The zero-order valence-electron chi connectivity index (χ0n) is 13.5. The minimum absolute atomic E-state index is 0.166. The minimum Gasteiger partial charge on any atom is -0.438 e. The molecule has 0 saturated carbocycles. The summed E-state index contributed by atoms with van der Waals surface area (Å²) in [7, 11) is 0. The number of rotatable bonds is 4. The van der Waals surface area contributed by atoms with Crippen molar-refractivity contribution < 1.29 is 9.53 Å². The van der Waals surface area contributed by atoms with Crippen LogP contribution in [0.15, 0.2) is 36.4 Å². The van der Waals surface area contributed by atoms with Crippen molar-refractivity contribution in [3.05, 3.63) is 42.1 Å². The van der Waals surface area contributed by atoms with E-state index in [4.69, 9.17) is 4.74 Å². The van der Waals surface area contributed by atoms with Crippen LogP contribution in [0.25, 0.3) is 0 Å². The Bertz CT molecular complexity index is 670. The van der Waals surface area contributed by atoms with E-state index in [1.807, 2.05) is 24.8 Å². The first kappa shape index (κ1) is 16.6. The fraction of sp³-hybridized carbons (Fsp3) is 0.353. The van der Waals surface area contributed by atoms with E-state index in [0.717, 1.165) is 30.0 Å². The van der Waals surface area contributed by atoms with Gasteiger partial charge in [-0.25, -0.2) is 4.79 Å². The molecule has 1 aliphatic rings. The summed E-state index contributed by atoms with van der Waals surface area (Å²) < 4.78 is 5.61. The Balaban J connectivity index is 1.52. The SMILES string of the molecule is Cc1ccc(Oc2ccc(NC(=O)NC3CCCSC3)cc2)nn1. The molecule has 0 spiro atoms. The maximum absolute atomic E-state index is 12.0. The number of benzene rings is 1. The second kappa shape index (κ2) is 8.01. The van der Waals surface area contributed by atoms with Crippen LogP contribution in [0, 0.1) is 6.92 Å². The smallest absolute Gasteiger partial charge is 0.319 e. The molecule has 2 N–H and O–H groups in total. The second-order valence-corrected chi connectivity index (χ2v) is 6.80. The first-order valence-electron chi connectivity index (χ1n) is 7.92.